The Hall–Kier alpha value is -5.24. The molecule has 0 spiro atoms. The number of rotatable bonds is 27. The molecule has 0 bridgehead atoms. The molecule has 56 heavy (non-hydrogen) atoms. The first kappa shape index (κ1) is 43.5. The smallest absolute Gasteiger partial charge is 0.343 e. The van der Waals surface area contributed by atoms with Crippen LogP contribution in [0, 0.1) is 0 Å². The fourth-order valence-electron chi connectivity index (χ4n) is 6.00. The minimum atomic E-state index is -0.438. The van der Waals surface area contributed by atoms with Gasteiger partial charge in [-0.1, -0.05) is 104 Å². The van der Waals surface area contributed by atoms with E-state index in [1.54, 1.807) is 109 Å². The lowest BCUT2D eigenvalue weighted by Crippen LogP contribution is -2.08. The van der Waals surface area contributed by atoms with E-state index in [0.29, 0.717) is 47.2 Å². The predicted molar refractivity (Wildman–Crippen MR) is 228 cm³/mol. The molecule has 0 aliphatic rings. The van der Waals surface area contributed by atoms with E-state index < -0.39 is 11.9 Å². The second kappa shape index (κ2) is 26.5. The number of unbranched alkanes of at least 4 members (excludes halogenated alkanes) is 14. The van der Waals surface area contributed by atoms with E-state index in [-0.39, 0.29) is 0 Å². The average molecular weight is 761 g/mol. The largest absolute Gasteiger partial charge is 0.494 e. The third-order valence-corrected chi connectivity index (χ3v) is 9.32. The zero-order valence-corrected chi connectivity index (χ0v) is 33.5. The molecule has 8 nitrogen and oxygen atoms in total. The molecule has 0 saturated carbocycles. The van der Waals surface area contributed by atoms with Crippen LogP contribution in [0.15, 0.2) is 107 Å². The lowest BCUT2D eigenvalue weighted by molar-refractivity contribution is 0.0725. The van der Waals surface area contributed by atoms with Gasteiger partial charge in [0.25, 0.3) is 0 Å². The Morgan fingerprint density at radius 2 is 0.714 bits per heavy atom. The Morgan fingerprint density at radius 3 is 1.05 bits per heavy atom. The van der Waals surface area contributed by atoms with E-state index in [4.69, 9.17) is 18.9 Å². The summed E-state index contributed by atoms with van der Waals surface area (Å²) >= 11 is 0. The number of hydrogen-bond donors (Lipinski definition) is 0. The maximum atomic E-state index is 12.7. The molecule has 0 N–H and O–H groups in total. The molecule has 8 heteroatoms. The summed E-state index contributed by atoms with van der Waals surface area (Å²) in [7, 11) is 0. The van der Waals surface area contributed by atoms with Gasteiger partial charge in [-0.3, -0.25) is 9.98 Å². The molecule has 4 aromatic rings. The van der Waals surface area contributed by atoms with Crippen molar-refractivity contribution in [3.05, 3.63) is 108 Å². The molecule has 0 unspecified atom stereocenters. The Bertz CT molecular complexity index is 1600. The summed E-state index contributed by atoms with van der Waals surface area (Å²) in [5.74, 6) is 1.48. The molecule has 0 aliphatic carbocycles. The highest BCUT2D eigenvalue weighted by atomic mass is 16.5. The van der Waals surface area contributed by atoms with Crippen LogP contribution in [0.4, 0.5) is 11.4 Å². The van der Waals surface area contributed by atoms with E-state index in [2.05, 4.69) is 23.8 Å². The first-order chi connectivity index (χ1) is 27.5. The van der Waals surface area contributed by atoms with E-state index in [1.165, 1.54) is 89.9 Å². The molecule has 0 atom stereocenters. The van der Waals surface area contributed by atoms with Crippen LogP contribution in [0.2, 0.25) is 0 Å². The molecule has 0 amide bonds. The zero-order chi connectivity index (χ0) is 39.5. The average Bonchev–Trinajstić information content (AvgIpc) is 3.22. The van der Waals surface area contributed by atoms with Crippen molar-refractivity contribution in [2.45, 2.75) is 117 Å². The number of esters is 2. The topological polar surface area (TPSA) is 95.8 Å². The summed E-state index contributed by atoms with van der Waals surface area (Å²) in [4.78, 5) is 34.1. The third kappa shape index (κ3) is 17.5. The first-order valence-electron chi connectivity index (χ1n) is 20.7. The van der Waals surface area contributed by atoms with Gasteiger partial charge >= 0.3 is 11.9 Å². The van der Waals surface area contributed by atoms with Crippen molar-refractivity contribution in [3.8, 4) is 23.0 Å². The fourth-order valence-corrected chi connectivity index (χ4v) is 6.00. The van der Waals surface area contributed by atoms with Gasteiger partial charge in [0.15, 0.2) is 0 Å². The molecular weight excluding hydrogens is 701 g/mol. The predicted octanol–water partition coefficient (Wildman–Crippen LogP) is 13.3. The van der Waals surface area contributed by atoms with Gasteiger partial charge in [0.1, 0.15) is 23.0 Å². The molecule has 0 aromatic heterocycles. The lowest BCUT2D eigenvalue weighted by atomic mass is 10.1. The quantitative estimate of drug-likeness (QED) is 0.0260. The van der Waals surface area contributed by atoms with Gasteiger partial charge in [0, 0.05) is 12.4 Å². The van der Waals surface area contributed by atoms with Crippen LogP contribution in [-0.2, 0) is 0 Å². The number of benzene rings is 4. The standard InChI is InChI=1S/C48H60N2O6/c1-3-5-7-9-11-13-15-17-37-53-43-27-19-39(20-28-43)47(51)55-45-31-23-41(24-32-45)49-35-36-50-42-25-33-46(34-26-42)56-48(52)40-21-29-44(30-22-40)54-38-18-16-14-12-10-8-6-4-2/h19-36H,3-18,37-38H2,1-2H3. The maximum absolute atomic E-state index is 12.7. The van der Waals surface area contributed by atoms with Gasteiger partial charge in [-0.2, -0.15) is 0 Å². The highest BCUT2D eigenvalue weighted by Crippen LogP contribution is 2.22. The van der Waals surface area contributed by atoms with Gasteiger partial charge in [-0.05, 0) is 110 Å². The van der Waals surface area contributed by atoms with Crippen LogP contribution in [0.3, 0.4) is 0 Å². The van der Waals surface area contributed by atoms with Crippen molar-refractivity contribution in [2.24, 2.45) is 9.98 Å². The minimum Gasteiger partial charge on any atom is -0.494 e. The Kier molecular flexibility index (Phi) is 20.6. The van der Waals surface area contributed by atoms with Gasteiger partial charge in [-0.15, -0.1) is 0 Å². The first-order valence-corrected chi connectivity index (χ1v) is 20.7. The summed E-state index contributed by atoms with van der Waals surface area (Å²) in [6.07, 6.45) is 23.3. The van der Waals surface area contributed by atoms with Crippen LogP contribution in [0.5, 0.6) is 23.0 Å². The number of hydrogen-bond acceptors (Lipinski definition) is 8. The minimum absolute atomic E-state index is 0.425. The number of carbonyl (C=O) groups excluding carboxylic acids is 2. The van der Waals surface area contributed by atoms with Gasteiger partial charge in [-0.25, -0.2) is 9.59 Å². The number of nitrogens with zero attached hydrogens (tertiary/aromatic N) is 2. The molecule has 0 radical (unpaired) electrons. The van der Waals surface area contributed by atoms with Crippen molar-refractivity contribution in [1.82, 2.24) is 0 Å². The highest BCUT2D eigenvalue weighted by molar-refractivity contribution is 6.17. The Balaban J connectivity index is 1.11. The molecular formula is C48H60N2O6. The second-order valence-electron chi connectivity index (χ2n) is 14.0. The lowest BCUT2D eigenvalue weighted by Gasteiger charge is -2.08. The monoisotopic (exact) mass is 760 g/mol. The summed E-state index contributed by atoms with van der Waals surface area (Å²) in [6.45, 7) is 5.84. The zero-order valence-electron chi connectivity index (χ0n) is 33.5. The van der Waals surface area contributed by atoms with Gasteiger partial charge in [0.05, 0.1) is 35.7 Å². The van der Waals surface area contributed by atoms with Crippen molar-refractivity contribution >= 4 is 35.7 Å². The van der Waals surface area contributed by atoms with Gasteiger partial charge < -0.3 is 18.9 Å². The fraction of sp³-hybridized carbons (Fsp3) is 0.417. The SMILES string of the molecule is CCCCCCCCCCOc1ccc(C(=O)Oc2ccc(N=CC=Nc3ccc(OC(=O)c4ccc(OCCCCCCCCCC)cc4)cc3)cc2)cc1. The van der Waals surface area contributed by atoms with Crippen LogP contribution in [0.1, 0.15) is 137 Å². The normalized spacial score (nSPS) is 11.2. The number of carbonyl (C=O) groups is 2. The van der Waals surface area contributed by atoms with E-state index in [0.717, 1.165) is 24.3 Å². The van der Waals surface area contributed by atoms with E-state index in [1.807, 2.05) is 0 Å². The number of aliphatic imine (C=N–C) groups is 2. The molecule has 0 heterocycles. The van der Waals surface area contributed by atoms with E-state index in [9.17, 15) is 9.59 Å². The molecule has 4 rings (SSSR count). The molecule has 0 fully saturated rings. The van der Waals surface area contributed by atoms with Crippen molar-refractivity contribution < 1.29 is 28.5 Å². The Morgan fingerprint density at radius 1 is 0.411 bits per heavy atom. The summed E-state index contributed by atoms with van der Waals surface area (Å²) in [5, 5.41) is 0. The molecule has 0 saturated heterocycles. The van der Waals surface area contributed by atoms with Crippen LogP contribution >= 0.6 is 0 Å². The highest BCUT2D eigenvalue weighted by Gasteiger charge is 2.10. The van der Waals surface area contributed by atoms with Crippen LogP contribution in [-0.4, -0.2) is 37.6 Å². The third-order valence-electron chi connectivity index (χ3n) is 9.32. The molecule has 4 aromatic carbocycles. The van der Waals surface area contributed by atoms with Crippen molar-refractivity contribution in [2.75, 3.05) is 13.2 Å². The maximum Gasteiger partial charge on any atom is 0.343 e. The van der Waals surface area contributed by atoms with Crippen LogP contribution in [0.25, 0.3) is 0 Å². The van der Waals surface area contributed by atoms with Crippen molar-refractivity contribution in [3.63, 3.8) is 0 Å². The molecule has 0 aliphatic heterocycles. The summed E-state index contributed by atoms with van der Waals surface area (Å²) < 4.78 is 22.8. The second-order valence-corrected chi connectivity index (χ2v) is 14.0. The Labute approximate surface area is 334 Å². The van der Waals surface area contributed by atoms with Gasteiger partial charge in [0.2, 0.25) is 0 Å². The summed E-state index contributed by atoms with van der Waals surface area (Å²) in [6, 6.07) is 27.9. The number of ether oxygens (including phenoxy) is 4. The summed E-state index contributed by atoms with van der Waals surface area (Å²) in [5.41, 5.74) is 2.27. The van der Waals surface area contributed by atoms with Crippen LogP contribution < -0.4 is 18.9 Å². The molecule has 298 valence electrons. The van der Waals surface area contributed by atoms with E-state index >= 15 is 0 Å². The van der Waals surface area contributed by atoms with Crippen molar-refractivity contribution in [1.29, 1.82) is 0 Å².